The van der Waals surface area contributed by atoms with Crippen molar-refractivity contribution < 1.29 is 14.0 Å². The van der Waals surface area contributed by atoms with E-state index in [2.05, 4.69) is 11.4 Å². The Kier molecular flexibility index (Phi) is 5.49. The standard InChI is InChI=1S/C22H25FN2O2S/c1-2-11-24(22(27)16-3-4-16)14-20(26)25-12-9-19-18(10-13-28-19)21(25)15-5-7-17(23)8-6-15/h5-8,10,13,16,21H,2-4,9,11-12,14H2,1H3/t21-/m0/s1. The monoisotopic (exact) mass is 400 g/mol. The van der Waals surface area contributed by atoms with Crippen LogP contribution in [0.1, 0.15) is 48.2 Å². The highest BCUT2D eigenvalue weighted by Gasteiger charge is 2.37. The molecule has 2 aliphatic rings. The minimum absolute atomic E-state index is 0.0337. The van der Waals surface area contributed by atoms with E-state index in [1.807, 2.05) is 11.8 Å². The first kappa shape index (κ1) is 19.1. The highest BCUT2D eigenvalue weighted by atomic mass is 32.1. The molecule has 28 heavy (non-hydrogen) atoms. The summed E-state index contributed by atoms with van der Waals surface area (Å²) in [6, 6.07) is 8.24. The fourth-order valence-corrected chi connectivity index (χ4v) is 4.87. The van der Waals surface area contributed by atoms with Gasteiger partial charge in [0.05, 0.1) is 12.6 Å². The molecule has 4 rings (SSSR count). The first-order valence-electron chi connectivity index (χ1n) is 9.98. The molecule has 0 spiro atoms. The van der Waals surface area contributed by atoms with Crippen molar-refractivity contribution >= 4 is 23.2 Å². The zero-order chi connectivity index (χ0) is 19.7. The number of fused-ring (bicyclic) bond motifs is 1. The average molecular weight is 401 g/mol. The molecule has 0 saturated heterocycles. The average Bonchev–Trinajstić information content (AvgIpc) is 3.44. The van der Waals surface area contributed by atoms with E-state index in [9.17, 15) is 14.0 Å². The third kappa shape index (κ3) is 3.83. The molecule has 0 N–H and O–H groups in total. The number of carbonyl (C=O) groups excluding carboxylic acids is 2. The molecule has 2 amide bonds. The second-order valence-corrected chi connectivity index (χ2v) is 8.63. The number of hydrogen-bond acceptors (Lipinski definition) is 3. The van der Waals surface area contributed by atoms with Crippen LogP contribution >= 0.6 is 11.3 Å². The second kappa shape index (κ2) is 8.03. The van der Waals surface area contributed by atoms with Crippen molar-refractivity contribution in [2.45, 2.75) is 38.6 Å². The van der Waals surface area contributed by atoms with E-state index in [-0.39, 0.29) is 36.1 Å². The minimum Gasteiger partial charge on any atom is -0.333 e. The Morgan fingerprint density at radius 2 is 1.96 bits per heavy atom. The molecule has 1 fully saturated rings. The van der Waals surface area contributed by atoms with Gasteiger partial charge >= 0.3 is 0 Å². The predicted molar refractivity (Wildman–Crippen MR) is 108 cm³/mol. The topological polar surface area (TPSA) is 40.6 Å². The van der Waals surface area contributed by atoms with Crippen molar-refractivity contribution in [2.75, 3.05) is 19.6 Å². The van der Waals surface area contributed by atoms with E-state index in [4.69, 9.17) is 0 Å². The molecule has 2 heterocycles. The Labute approximate surface area is 169 Å². The number of rotatable bonds is 6. The molecular formula is C22H25FN2O2S. The third-order valence-corrected chi connectivity index (χ3v) is 6.53. The summed E-state index contributed by atoms with van der Waals surface area (Å²) in [5.41, 5.74) is 2.02. The van der Waals surface area contributed by atoms with Gasteiger partial charge in [-0.15, -0.1) is 11.3 Å². The van der Waals surface area contributed by atoms with Crippen molar-refractivity contribution in [2.24, 2.45) is 5.92 Å². The fraction of sp³-hybridized carbons (Fsp3) is 0.455. The van der Waals surface area contributed by atoms with Gasteiger partial charge in [-0.25, -0.2) is 4.39 Å². The second-order valence-electron chi connectivity index (χ2n) is 7.62. The van der Waals surface area contributed by atoms with E-state index in [0.717, 1.165) is 36.8 Å². The molecule has 1 aliphatic carbocycles. The lowest BCUT2D eigenvalue weighted by Gasteiger charge is -2.37. The van der Waals surface area contributed by atoms with Crippen LogP contribution in [0.4, 0.5) is 4.39 Å². The summed E-state index contributed by atoms with van der Waals surface area (Å²) in [5.74, 6) is -0.0976. The summed E-state index contributed by atoms with van der Waals surface area (Å²) in [6.45, 7) is 3.38. The quantitative estimate of drug-likeness (QED) is 0.735. The number of carbonyl (C=O) groups is 2. The molecule has 1 aromatic carbocycles. The number of amides is 2. The van der Waals surface area contributed by atoms with Gasteiger partial charge in [0.2, 0.25) is 11.8 Å². The van der Waals surface area contributed by atoms with E-state index in [1.54, 1.807) is 28.4 Å². The summed E-state index contributed by atoms with van der Waals surface area (Å²) in [5, 5.41) is 2.05. The summed E-state index contributed by atoms with van der Waals surface area (Å²) in [7, 11) is 0. The molecule has 1 saturated carbocycles. The van der Waals surface area contributed by atoms with E-state index >= 15 is 0 Å². The number of halogens is 1. The Morgan fingerprint density at radius 3 is 2.64 bits per heavy atom. The van der Waals surface area contributed by atoms with Crippen molar-refractivity contribution in [3.8, 4) is 0 Å². The first-order chi connectivity index (χ1) is 13.6. The Bertz CT molecular complexity index is 860. The molecule has 0 unspecified atom stereocenters. The fourth-order valence-electron chi connectivity index (χ4n) is 3.97. The number of thiophene rings is 1. The predicted octanol–water partition coefficient (Wildman–Crippen LogP) is 4.01. The molecule has 1 atom stereocenters. The van der Waals surface area contributed by atoms with Gasteiger partial charge in [-0.3, -0.25) is 9.59 Å². The lowest BCUT2D eigenvalue weighted by molar-refractivity contribution is -0.142. The molecule has 1 aromatic heterocycles. The van der Waals surface area contributed by atoms with Gasteiger partial charge in [0.25, 0.3) is 0 Å². The lowest BCUT2D eigenvalue weighted by atomic mass is 9.93. The van der Waals surface area contributed by atoms with Crippen molar-refractivity contribution in [3.05, 3.63) is 57.5 Å². The maximum Gasteiger partial charge on any atom is 0.242 e. The van der Waals surface area contributed by atoms with E-state index in [0.29, 0.717) is 13.1 Å². The summed E-state index contributed by atoms with van der Waals surface area (Å²) in [6.07, 6.45) is 3.53. The molecule has 0 radical (unpaired) electrons. The zero-order valence-electron chi connectivity index (χ0n) is 16.1. The van der Waals surface area contributed by atoms with Crippen LogP contribution in [0.25, 0.3) is 0 Å². The highest BCUT2D eigenvalue weighted by molar-refractivity contribution is 7.10. The smallest absolute Gasteiger partial charge is 0.242 e. The van der Waals surface area contributed by atoms with Crippen LogP contribution in [0.5, 0.6) is 0 Å². The van der Waals surface area contributed by atoms with E-state index < -0.39 is 0 Å². The van der Waals surface area contributed by atoms with Crippen molar-refractivity contribution in [3.63, 3.8) is 0 Å². The summed E-state index contributed by atoms with van der Waals surface area (Å²) < 4.78 is 13.5. The lowest BCUT2D eigenvalue weighted by Crippen LogP contribution is -2.47. The van der Waals surface area contributed by atoms with Crippen LogP contribution in [0.2, 0.25) is 0 Å². The van der Waals surface area contributed by atoms with Gasteiger partial charge in [0.1, 0.15) is 5.82 Å². The molecule has 2 aromatic rings. The SMILES string of the molecule is CCCN(CC(=O)N1CCc2sccc2[C@@H]1c1ccc(F)cc1)C(=O)C1CC1. The van der Waals surface area contributed by atoms with Crippen LogP contribution in [0.3, 0.4) is 0 Å². The normalized spacial score (nSPS) is 18.6. The Balaban J connectivity index is 1.60. The molecule has 148 valence electrons. The number of hydrogen-bond donors (Lipinski definition) is 0. The largest absolute Gasteiger partial charge is 0.333 e. The minimum atomic E-state index is -0.285. The Hall–Kier alpha value is -2.21. The van der Waals surface area contributed by atoms with Gasteiger partial charge in [-0.1, -0.05) is 19.1 Å². The summed E-state index contributed by atoms with van der Waals surface area (Å²) in [4.78, 5) is 30.7. The third-order valence-electron chi connectivity index (χ3n) is 5.53. The van der Waals surface area contributed by atoms with Crippen molar-refractivity contribution in [1.82, 2.24) is 9.80 Å². The molecule has 1 aliphatic heterocycles. The van der Waals surface area contributed by atoms with Crippen molar-refractivity contribution in [1.29, 1.82) is 0 Å². The van der Waals surface area contributed by atoms with Crippen LogP contribution in [-0.2, 0) is 16.0 Å². The van der Waals surface area contributed by atoms with E-state index in [1.165, 1.54) is 17.0 Å². The molecular weight excluding hydrogens is 375 g/mol. The van der Waals surface area contributed by atoms with Gasteiger partial charge in [-0.2, -0.15) is 0 Å². The van der Waals surface area contributed by atoms with Gasteiger partial charge in [0.15, 0.2) is 0 Å². The summed E-state index contributed by atoms with van der Waals surface area (Å²) >= 11 is 1.70. The van der Waals surface area contributed by atoms with Crippen LogP contribution in [0.15, 0.2) is 35.7 Å². The van der Waals surface area contributed by atoms with Crippen LogP contribution < -0.4 is 0 Å². The molecule has 0 bridgehead atoms. The van der Waals surface area contributed by atoms with Gasteiger partial charge < -0.3 is 9.80 Å². The van der Waals surface area contributed by atoms with Gasteiger partial charge in [0, 0.05) is 23.9 Å². The number of nitrogens with zero attached hydrogens (tertiary/aromatic N) is 2. The highest BCUT2D eigenvalue weighted by Crippen LogP contribution is 2.38. The van der Waals surface area contributed by atoms with Gasteiger partial charge in [-0.05, 0) is 60.4 Å². The first-order valence-corrected chi connectivity index (χ1v) is 10.9. The molecule has 4 nitrogen and oxygen atoms in total. The van der Waals surface area contributed by atoms with Crippen LogP contribution in [0, 0.1) is 11.7 Å². The number of benzene rings is 1. The maximum atomic E-state index is 13.5. The van der Waals surface area contributed by atoms with Crippen LogP contribution in [-0.4, -0.2) is 41.2 Å². The molecule has 6 heteroatoms. The maximum absolute atomic E-state index is 13.5. The zero-order valence-corrected chi connectivity index (χ0v) is 16.9. The Morgan fingerprint density at radius 1 is 1.21 bits per heavy atom.